The van der Waals surface area contributed by atoms with Crippen LogP contribution in [0.25, 0.3) is 0 Å². The van der Waals surface area contributed by atoms with Crippen LogP contribution < -0.4 is 0 Å². The van der Waals surface area contributed by atoms with Crippen LogP contribution in [0.2, 0.25) is 10.0 Å². The van der Waals surface area contributed by atoms with E-state index in [1.54, 1.807) is 30.3 Å². The smallest absolute Gasteiger partial charge is 0.170 e. The molecule has 5 heteroatoms. The van der Waals surface area contributed by atoms with Crippen molar-refractivity contribution in [2.75, 3.05) is 0 Å². The van der Waals surface area contributed by atoms with Gasteiger partial charge < -0.3 is 0 Å². The van der Waals surface area contributed by atoms with Gasteiger partial charge in [-0.15, -0.1) is 0 Å². The summed E-state index contributed by atoms with van der Waals surface area (Å²) in [4.78, 5) is 12.1. The van der Waals surface area contributed by atoms with Crippen molar-refractivity contribution in [2.45, 2.75) is 6.42 Å². The van der Waals surface area contributed by atoms with E-state index in [2.05, 4.69) is 15.9 Å². The minimum Gasteiger partial charge on any atom is -0.294 e. The Labute approximate surface area is 128 Å². The summed E-state index contributed by atoms with van der Waals surface area (Å²) in [5.74, 6) is -0.747. The molecule has 0 atom stereocenters. The summed E-state index contributed by atoms with van der Waals surface area (Å²) in [7, 11) is 0. The predicted molar refractivity (Wildman–Crippen MR) is 78.6 cm³/mol. The van der Waals surface area contributed by atoms with Crippen LogP contribution in [0, 0.1) is 5.82 Å². The summed E-state index contributed by atoms with van der Waals surface area (Å²) in [5.41, 5.74) is 0.539. The molecule has 0 aliphatic carbocycles. The highest BCUT2D eigenvalue weighted by Gasteiger charge is 2.16. The molecule has 0 unspecified atom stereocenters. The topological polar surface area (TPSA) is 17.1 Å². The van der Waals surface area contributed by atoms with Gasteiger partial charge >= 0.3 is 0 Å². The number of hydrogen-bond donors (Lipinski definition) is 0. The monoisotopic (exact) mass is 360 g/mol. The maximum atomic E-state index is 13.7. The molecule has 0 radical (unpaired) electrons. The van der Waals surface area contributed by atoms with Crippen LogP contribution in [-0.4, -0.2) is 5.78 Å². The van der Waals surface area contributed by atoms with Crippen molar-refractivity contribution in [3.05, 3.63) is 67.9 Å². The van der Waals surface area contributed by atoms with Crippen molar-refractivity contribution in [1.29, 1.82) is 0 Å². The number of carbonyl (C=O) groups excluding carboxylic acids is 1. The average Bonchev–Trinajstić information content (AvgIpc) is 2.32. The van der Waals surface area contributed by atoms with Gasteiger partial charge in [0.15, 0.2) is 5.78 Å². The lowest BCUT2D eigenvalue weighted by Crippen LogP contribution is -2.06. The Morgan fingerprint density at radius 3 is 2.37 bits per heavy atom. The Morgan fingerprint density at radius 2 is 1.79 bits per heavy atom. The molecular weight excluding hydrogens is 354 g/mol. The fraction of sp³-hybridized carbons (Fsp3) is 0.0714. The minimum absolute atomic E-state index is 0.0808. The van der Waals surface area contributed by atoms with E-state index in [0.717, 1.165) is 0 Å². The van der Waals surface area contributed by atoms with Crippen LogP contribution in [0.4, 0.5) is 4.39 Å². The highest BCUT2D eigenvalue weighted by Crippen LogP contribution is 2.26. The molecule has 0 aromatic heterocycles. The Bertz CT molecular complexity index is 623. The van der Waals surface area contributed by atoms with E-state index in [0.29, 0.717) is 10.0 Å². The Hall–Kier alpha value is -0.900. The van der Waals surface area contributed by atoms with E-state index >= 15 is 0 Å². The number of ketones is 1. The van der Waals surface area contributed by atoms with Gasteiger partial charge in [0.1, 0.15) is 5.82 Å². The summed E-state index contributed by atoms with van der Waals surface area (Å²) < 4.78 is 14.3. The molecule has 0 aliphatic rings. The molecule has 0 aliphatic heterocycles. The second kappa shape index (κ2) is 6.04. The highest BCUT2D eigenvalue weighted by molar-refractivity contribution is 9.10. The molecule has 0 saturated carbocycles. The first kappa shape index (κ1) is 14.5. The Kier molecular flexibility index (Phi) is 4.61. The third kappa shape index (κ3) is 3.35. The molecule has 2 aromatic rings. The van der Waals surface area contributed by atoms with Crippen molar-refractivity contribution >= 4 is 44.9 Å². The molecule has 1 nitrogen and oxygen atoms in total. The van der Waals surface area contributed by atoms with Gasteiger partial charge in [-0.05, 0) is 29.8 Å². The largest absolute Gasteiger partial charge is 0.294 e. The zero-order valence-corrected chi connectivity index (χ0v) is 12.7. The summed E-state index contributed by atoms with van der Waals surface area (Å²) >= 11 is 15.1. The van der Waals surface area contributed by atoms with Crippen LogP contribution in [0.1, 0.15) is 15.9 Å². The molecule has 0 heterocycles. The second-order valence-corrected chi connectivity index (χ2v) is 5.66. The molecule has 98 valence electrons. The number of rotatable bonds is 3. The van der Waals surface area contributed by atoms with Gasteiger partial charge in [-0.2, -0.15) is 0 Å². The first-order valence-electron chi connectivity index (χ1n) is 5.40. The van der Waals surface area contributed by atoms with E-state index in [4.69, 9.17) is 23.2 Å². The summed E-state index contributed by atoms with van der Waals surface area (Å²) in [6, 6.07) is 9.37. The van der Waals surface area contributed by atoms with Crippen molar-refractivity contribution in [2.24, 2.45) is 0 Å². The first-order chi connectivity index (χ1) is 8.99. The normalized spacial score (nSPS) is 10.5. The molecule has 0 saturated heterocycles. The van der Waals surface area contributed by atoms with Crippen LogP contribution in [0.15, 0.2) is 40.9 Å². The van der Waals surface area contributed by atoms with Gasteiger partial charge in [-0.3, -0.25) is 4.79 Å². The summed E-state index contributed by atoms with van der Waals surface area (Å²) in [6.07, 6.45) is -0.0808. The van der Waals surface area contributed by atoms with Crippen LogP contribution >= 0.6 is 39.1 Å². The number of carbonyl (C=O) groups is 1. The molecule has 2 rings (SSSR count). The van der Waals surface area contributed by atoms with E-state index in [1.165, 1.54) is 6.07 Å². The summed E-state index contributed by atoms with van der Waals surface area (Å²) in [5, 5.41) is 0.546. The van der Waals surface area contributed by atoms with Crippen molar-refractivity contribution in [3.63, 3.8) is 0 Å². The lowest BCUT2D eigenvalue weighted by atomic mass is 10.0. The molecule has 0 fully saturated rings. The standard InChI is InChI=1S/C14H8BrCl2FO/c15-9-5-4-8(12(18)7-9)6-13(19)14-10(16)2-1-3-11(14)17/h1-5,7H,6H2. The van der Waals surface area contributed by atoms with Crippen LogP contribution in [0.3, 0.4) is 0 Å². The fourth-order valence-corrected chi connectivity index (χ4v) is 2.63. The molecule has 0 spiro atoms. The minimum atomic E-state index is -0.439. The Balaban J connectivity index is 2.31. The molecule has 0 bridgehead atoms. The third-order valence-corrected chi connectivity index (χ3v) is 3.73. The zero-order valence-electron chi connectivity index (χ0n) is 9.59. The second-order valence-electron chi connectivity index (χ2n) is 3.93. The molecule has 0 amide bonds. The van der Waals surface area contributed by atoms with Crippen molar-refractivity contribution < 1.29 is 9.18 Å². The van der Waals surface area contributed by atoms with E-state index in [1.807, 2.05) is 0 Å². The van der Waals surface area contributed by atoms with Crippen LogP contribution in [0.5, 0.6) is 0 Å². The van der Waals surface area contributed by atoms with E-state index in [-0.39, 0.29) is 27.8 Å². The average molecular weight is 362 g/mol. The highest BCUT2D eigenvalue weighted by atomic mass is 79.9. The quantitative estimate of drug-likeness (QED) is 0.676. The van der Waals surface area contributed by atoms with Gasteiger partial charge in [0.2, 0.25) is 0 Å². The SMILES string of the molecule is O=C(Cc1ccc(Br)cc1F)c1c(Cl)cccc1Cl. The number of benzene rings is 2. The maximum absolute atomic E-state index is 13.7. The van der Waals surface area contributed by atoms with E-state index in [9.17, 15) is 9.18 Å². The lowest BCUT2D eigenvalue weighted by Gasteiger charge is -2.07. The van der Waals surface area contributed by atoms with Crippen molar-refractivity contribution in [3.8, 4) is 0 Å². The van der Waals surface area contributed by atoms with Gasteiger partial charge in [0.05, 0.1) is 15.6 Å². The zero-order chi connectivity index (χ0) is 14.0. The van der Waals surface area contributed by atoms with Crippen molar-refractivity contribution in [1.82, 2.24) is 0 Å². The number of halogens is 4. The number of Topliss-reactive ketones (excluding diaryl/α,β-unsaturated/α-hetero) is 1. The van der Waals surface area contributed by atoms with Gasteiger partial charge in [0, 0.05) is 10.9 Å². The van der Waals surface area contributed by atoms with E-state index < -0.39 is 5.82 Å². The van der Waals surface area contributed by atoms with Gasteiger partial charge in [0.25, 0.3) is 0 Å². The van der Waals surface area contributed by atoms with Crippen LogP contribution in [-0.2, 0) is 6.42 Å². The first-order valence-corrected chi connectivity index (χ1v) is 6.95. The maximum Gasteiger partial charge on any atom is 0.170 e. The number of hydrogen-bond acceptors (Lipinski definition) is 1. The third-order valence-electron chi connectivity index (χ3n) is 2.61. The lowest BCUT2D eigenvalue weighted by molar-refractivity contribution is 0.0992. The van der Waals surface area contributed by atoms with Gasteiger partial charge in [-0.1, -0.05) is 51.3 Å². The Morgan fingerprint density at radius 1 is 1.16 bits per heavy atom. The molecule has 0 N–H and O–H groups in total. The molecule has 2 aromatic carbocycles. The molecule has 19 heavy (non-hydrogen) atoms. The fourth-order valence-electron chi connectivity index (χ4n) is 1.69. The predicted octanol–water partition coefficient (Wildman–Crippen LogP) is 5.32. The molecular formula is C14H8BrCl2FO. The van der Waals surface area contributed by atoms with Gasteiger partial charge in [-0.25, -0.2) is 4.39 Å². The summed E-state index contributed by atoms with van der Waals surface area (Å²) in [6.45, 7) is 0.